The van der Waals surface area contributed by atoms with Gasteiger partial charge in [-0.3, -0.25) is 19.2 Å². The summed E-state index contributed by atoms with van der Waals surface area (Å²) in [6.07, 6.45) is 1.72. The second-order valence-electron chi connectivity index (χ2n) is 10.7. The molecule has 2 aromatic carbocycles. The number of hydrogen-bond acceptors (Lipinski definition) is 4. The highest BCUT2D eigenvalue weighted by Crippen LogP contribution is 2.31. The zero-order chi connectivity index (χ0) is 26.0. The molecule has 2 aromatic rings. The van der Waals surface area contributed by atoms with Gasteiger partial charge in [0.15, 0.2) is 5.78 Å². The number of nitrogens with one attached hydrogen (secondary N) is 1. The Hall–Kier alpha value is -3.48. The second kappa shape index (κ2) is 10.2. The lowest BCUT2D eigenvalue weighted by molar-refractivity contribution is -0.138. The van der Waals surface area contributed by atoms with Gasteiger partial charge in [0.25, 0.3) is 11.8 Å². The Morgan fingerprint density at radius 1 is 0.972 bits per heavy atom. The Bertz CT molecular complexity index is 1140. The summed E-state index contributed by atoms with van der Waals surface area (Å²) in [7, 11) is 0. The van der Waals surface area contributed by atoms with Gasteiger partial charge in [0.05, 0.1) is 12.6 Å². The van der Waals surface area contributed by atoms with Crippen LogP contribution in [0, 0.1) is 0 Å². The molecule has 2 aliphatic rings. The number of rotatable bonds is 6. The SMILES string of the molecule is CCC[C@H](NC(=O)c1ccc(C(C)(C)C)cc1)C(=O)N1CCC2[C@H]1C(=O)CN2C(=O)c1ccccc1. The zero-order valence-electron chi connectivity index (χ0n) is 21.5. The Kier molecular flexibility index (Phi) is 7.29. The fraction of sp³-hybridized carbons (Fsp3) is 0.448. The minimum atomic E-state index is -0.727. The average molecular weight is 490 g/mol. The summed E-state index contributed by atoms with van der Waals surface area (Å²) < 4.78 is 0. The third kappa shape index (κ3) is 5.06. The van der Waals surface area contributed by atoms with Crippen molar-refractivity contribution in [3.8, 4) is 0 Å². The number of fused-ring (bicyclic) bond motifs is 1. The number of carbonyl (C=O) groups is 4. The number of Topliss-reactive ketones (excluding diaryl/α,β-unsaturated/α-hetero) is 1. The van der Waals surface area contributed by atoms with E-state index >= 15 is 0 Å². The van der Waals surface area contributed by atoms with Gasteiger partial charge < -0.3 is 15.1 Å². The molecular formula is C29H35N3O4. The molecule has 3 atom stereocenters. The molecule has 0 spiro atoms. The van der Waals surface area contributed by atoms with Crippen LogP contribution < -0.4 is 5.32 Å². The van der Waals surface area contributed by atoms with E-state index in [1.165, 1.54) is 0 Å². The van der Waals surface area contributed by atoms with E-state index < -0.39 is 12.1 Å². The number of hydrogen-bond donors (Lipinski definition) is 1. The van der Waals surface area contributed by atoms with Crippen LogP contribution in [0.25, 0.3) is 0 Å². The van der Waals surface area contributed by atoms with Gasteiger partial charge in [-0.1, -0.05) is 64.4 Å². The first kappa shape index (κ1) is 25.6. The zero-order valence-corrected chi connectivity index (χ0v) is 21.5. The molecule has 0 aromatic heterocycles. The summed E-state index contributed by atoms with van der Waals surface area (Å²) in [5.74, 6) is -0.889. The first-order chi connectivity index (χ1) is 17.1. The number of carbonyl (C=O) groups excluding carboxylic acids is 4. The molecule has 0 bridgehead atoms. The number of ketones is 1. The summed E-state index contributed by atoms with van der Waals surface area (Å²) in [4.78, 5) is 55.8. The number of amides is 3. The van der Waals surface area contributed by atoms with Crippen molar-refractivity contribution in [2.45, 2.75) is 70.5 Å². The van der Waals surface area contributed by atoms with Gasteiger partial charge in [0.2, 0.25) is 5.91 Å². The lowest BCUT2D eigenvalue weighted by atomic mass is 9.86. The van der Waals surface area contributed by atoms with Gasteiger partial charge in [0.1, 0.15) is 12.1 Å². The maximum atomic E-state index is 13.6. The smallest absolute Gasteiger partial charge is 0.254 e. The van der Waals surface area contributed by atoms with Crippen molar-refractivity contribution in [2.75, 3.05) is 13.1 Å². The summed E-state index contributed by atoms with van der Waals surface area (Å²) in [6, 6.07) is 14.6. The molecule has 1 unspecified atom stereocenters. The number of likely N-dealkylation sites (tertiary alicyclic amines) is 2. The fourth-order valence-corrected chi connectivity index (χ4v) is 5.20. The first-order valence-electron chi connectivity index (χ1n) is 12.7. The Balaban J connectivity index is 1.47. The van der Waals surface area contributed by atoms with E-state index in [9.17, 15) is 19.2 Å². The van der Waals surface area contributed by atoms with Crippen LogP contribution in [0.15, 0.2) is 54.6 Å². The third-order valence-corrected chi connectivity index (χ3v) is 7.18. The standard InChI is InChI=1S/C29H35N3O4/c1-5-9-22(30-26(34)19-12-14-21(15-13-19)29(2,3)4)28(36)31-17-16-23-25(31)24(33)18-32(23)27(35)20-10-7-6-8-11-20/h6-8,10-15,22-23,25H,5,9,16-18H2,1-4H3,(H,30,34)/t22-,23?,25-/m0/s1. The largest absolute Gasteiger partial charge is 0.340 e. The third-order valence-electron chi connectivity index (χ3n) is 7.18. The molecule has 4 rings (SSSR count). The van der Waals surface area contributed by atoms with E-state index in [0.717, 1.165) is 5.56 Å². The van der Waals surface area contributed by atoms with Crippen LogP contribution in [-0.4, -0.2) is 64.5 Å². The van der Waals surface area contributed by atoms with Gasteiger partial charge in [-0.2, -0.15) is 0 Å². The van der Waals surface area contributed by atoms with Crippen LogP contribution in [-0.2, 0) is 15.0 Å². The molecule has 2 fully saturated rings. The van der Waals surface area contributed by atoms with E-state index in [1.807, 2.05) is 25.1 Å². The predicted octanol–water partition coefficient (Wildman–Crippen LogP) is 3.58. The Labute approximate surface area is 212 Å². The van der Waals surface area contributed by atoms with Crippen molar-refractivity contribution in [1.82, 2.24) is 15.1 Å². The molecule has 2 saturated heterocycles. The molecule has 2 heterocycles. The molecule has 36 heavy (non-hydrogen) atoms. The molecular weight excluding hydrogens is 454 g/mol. The van der Waals surface area contributed by atoms with Crippen molar-refractivity contribution in [3.05, 3.63) is 71.3 Å². The summed E-state index contributed by atoms with van der Waals surface area (Å²) in [5.41, 5.74) is 2.13. The second-order valence-corrected chi connectivity index (χ2v) is 10.7. The highest BCUT2D eigenvalue weighted by molar-refractivity contribution is 6.03. The van der Waals surface area contributed by atoms with Crippen molar-refractivity contribution < 1.29 is 19.2 Å². The van der Waals surface area contributed by atoms with Gasteiger partial charge in [-0.15, -0.1) is 0 Å². The van der Waals surface area contributed by atoms with E-state index in [0.29, 0.717) is 36.9 Å². The van der Waals surface area contributed by atoms with Gasteiger partial charge in [-0.05, 0) is 48.1 Å². The molecule has 2 aliphatic heterocycles. The molecule has 3 amide bonds. The summed E-state index contributed by atoms with van der Waals surface area (Å²) in [5, 5.41) is 2.90. The van der Waals surface area contributed by atoms with Gasteiger partial charge in [0, 0.05) is 17.7 Å². The molecule has 190 valence electrons. The highest BCUT2D eigenvalue weighted by Gasteiger charge is 2.52. The minimum absolute atomic E-state index is 0.00221. The van der Waals surface area contributed by atoms with Gasteiger partial charge >= 0.3 is 0 Å². The van der Waals surface area contributed by atoms with E-state index in [2.05, 4.69) is 26.1 Å². The molecule has 0 aliphatic carbocycles. The van der Waals surface area contributed by atoms with Gasteiger partial charge in [-0.25, -0.2) is 0 Å². The van der Waals surface area contributed by atoms with Crippen LogP contribution >= 0.6 is 0 Å². The maximum Gasteiger partial charge on any atom is 0.254 e. The first-order valence-corrected chi connectivity index (χ1v) is 12.7. The monoisotopic (exact) mass is 489 g/mol. The highest BCUT2D eigenvalue weighted by atomic mass is 16.2. The van der Waals surface area contributed by atoms with Crippen LogP contribution in [0.3, 0.4) is 0 Å². The van der Waals surface area contributed by atoms with Crippen molar-refractivity contribution in [1.29, 1.82) is 0 Å². The number of nitrogens with zero attached hydrogens (tertiary/aromatic N) is 2. The van der Waals surface area contributed by atoms with E-state index in [1.54, 1.807) is 46.2 Å². The molecule has 7 nitrogen and oxygen atoms in total. The maximum absolute atomic E-state index is 13.6. The van der Waals surface area contributed by atoms with Crippen LogP contribution in [0.1, 0.15) is 73.2 Å². The predicted molar refractivity (Wildman–Crippen MR) is 138 cm³/mol. The van der Waals surface area contributed by atoms with Crippen molar-refractivity contribution in [3.63, 3.8) is 0 Å². The van der Waals surface area contributed by atoms with Crippen molar-refractivity contribution >= 4 is 23.5 Å². The fourth-order valence-electron chi connectivity index (χ4n) is 5.20. The molecule has 0 radical (unpaired) electrons. The molecule has 1 N–H and O–H groups in total. The minimum Gasteiger partial charge on any atom is -0.340 e. The Morgan fingerprint density at radius 3 is 2.25 bits per heavy atom. The molecule has 7 heteroatoms. The lowest BCUT2D eigenvalue weighted by Gasteiger charge is -2.28. The summed E-state index contributed by atoms with van der Waals surface area (Å²) >= 11 is 0. The van der Waals surface area contributed by atoms with E-state index in [-0.39, 0.29) is 41.5 Å². The van der Waals surface area contributed by atoms with Crippen molar-refractivity contribution in [2.24, 2.45) is 0 Å². The topological polar surface area (TPSA) is 86.8 Å². The normalized spacial score (nSPS) is 20.3. The Morgan fingerprint density at radius 2 is 1.64 bits per heavy atom. The lowest BCUT2D eigenvalue weighted by Crippen LogP contribution is -2.52. The van der Waals surface area contributed by atoms with E-state index in [4.69, 9.17) is 0 Å². The average Bonchev–Trinajstić information content (AvgIpc) is 3.44. The van der Waals surface area contributed by atoms with Crippen LogP contribution in [0.4, 0.5) is 0 Å². The summed E-state index contributed by atoms with van der Waals surface area (Å²) in [6.45, 7) is 8.67. The number of benzene rings is 2. The van der Waals surface area contributed by atoms with Crippen LogP contribution in [0.5, 0.6) is 0 Å². The van der Waals surface area contributed by atoms with Crippen LogP contribution in [0.2, 0.25) is 0 Å². The quantitative estimate of drug-likeness (QED) is 0.672. The molecule has 0 saturated carbocycles.